The van der Waals surface area contributed by atoms with Gasteiger partial charge < -0.3 is 14.6 Å². The monoisotopic (exact) mass is 470 g/mol. The van der Waals surface area contributed by atoms with E-state index in [1.165, 1.54) is 4.40 Å². The van der Waals surface area contributed by atoms with Crippen molar-refractivity contribution in [3.05, 3.63) is 88.5 Å². The molecule has 10 nitrogen and oxygen atoms in total. The minimum absolute atomic E-state index is 0.228. The van der Waals surface area contributed by atoms with E-state index in [9.17, 15) is 9.59 Å². The molecule has 10 heteroatoms. The highest BCUT2D eigenvalue weighted by Gasteiger charge is 2.18. The zero-order valence-electron chi connectivity index (χ0n) is 19.1. The van der Waals surface area contributed by atoms with Crippen molar-refractivity contribution in [2.45, 2.75) is 20.0 Å². The lowest BCUT2D eigenvalue weighted by atomic mass is 10.1. The van der Waals surface area contributed by atoms with Gasteiger partial charge in [0.2, 0.25) is 11.7 Å². The van der Waals surface area contributed by atoms with Crippen molar-refractivity contribution >= 4 is 11.6 Å². The van der Waals surface area contributed by atoms with Gasteiger partial charge in [0.25, 0.3) is 5.89 Å². The molecule has 5 aromatic rings. The lowest BCUT2D eigenvalue weighted by molar-refractivity contribution is -0.122. The predicted octanol–water partition coefficient (Wildman–Crippen LogP) is 2.85. The van der Waals surface area contributed by atoms with Crippen molar-refractivity contribution in [3.63, 3.8) is 0 Å². The van der Waals surface area contributed by atoms with E-state index in [0.717, 1.165) is 27.1 Å². The molecule has 1 N–H and O–H groups in total. The Morgan fingerprint density at radius 3 is 2.60 bits per heavy atom. The van der Waals surface area contributed by atoms with Gasteiger partial charge in [-0.3, -0.25) is 4.79 Å². The average Bonchev–Trinajstić information content (AvgIpc) is 3.49. The van der Waals surface area contributed by atoms with Crippen LogP contribution in [0.3, 0.4) is 0 Å². The molecule has 0 atom stereocenters. The molecule has 0 aliphatic heterocycles. The number of fused-ring (bicyclic) bond motifs is 1. The highest BCUT2D eigenvalue weighted by Crippen LogP contribution is 2.24. The summed E-state index contributed by atoms with van der Waals surface area (Å²) < 4.78 is 13.1. The van der Waals surface area contributed by atoms with Gasteiger partial charge in [-0.1, -0.05) is 47.1 Å². The molecule has 176 valence electrons. The molecule has 0 radical (unpaired) electrons. The van der Waals surface area contributed by atoms with Crippen LogP contribution in [0.5, 0.6) is 5.75 Å². The van der Waals surface area contributed by atoms with E-state index in [2.05, 4.69) is 20.6 Å². The number of hydrogen-bond acceptors (Lipinski definition) is 7. The predicted molar refractivity (Wildman–Crippen MR) is 128 cm³/mol. The first kappa shape index (κ1) is 22.1. The van der Waals surface area contributed by atoms with Crippen molar-refractivity contribution < 1.29 is 14.1 Å². The molecule has 35 heavy (non-hydrogen) atoms. The third-order valence-electron chi connectivity index (χ3n) is 5.52. The van der Waals surface area contributed by atoms with E-state index in [0.29, 0.717) is 23.6 Å². The maximum atomic E-state index is 12.9. The quantitative estimate of drug-likeness (QED) is 0.389. The van der Waals surface area contributed by atoms with Crippen LogP contribution in [0.2, 0.25) is 0 Å². The second-order valence-electron chi connectivity index (χ2n) is 7.97. The number of aryl methyl sites for hydroxylation is 1. The Morgan fingerprint density at radius 1 is 1.09 bits per heavy atom. The molecule has 1 amide bonds. The number of hydrogen-bond donors (Lipinski definition) is 1. The molecule has 5 rings (SSSR count). The first-order valence-electron chi connectivity index (χ1n) is 10.9. The SMILES string of the molecule is COc1ccc(CNC(=O)Cn2nc3c(-c4nc(-c5ccc(C)cc5)no4)cccn3c2=O)cc1. The van der Waals surface area contributed by atoms with Gasteiger partial charge in [0.1, 0.15) is 12.3 Å². The number of rotatable bonds is 7. The molecule has 3 heterocycles. The van der Waals surface area contributed by atoms with E-state index < -0.39 is 5.69 Å². The van der Waals surface area contributed by atoms with Crippen LogP contribution >= 0.6 is 0 Å². The number of amides is 1. The van der Waals surface area contributed by atoms with Crippen molar-refractivity contribution in [1.29, 1.82) is 0 Å². The number of pyridine rings is 1. The van der Waals surface area contributed by atoms with Crippen LogP contribution in [-0.2, 0) is 17.9 Å². The molecule has 0 bridgehead atoms. The summed E-state index contributed by atoms with van der Waals surface area (Å²) in [6.07, 6.45) is 1.58. The fraction of sp³-hybridized carbons (Fsp3) is 0.160. The van der Waals surface area contributed by atoms with Crippen molar-refractivity contribution in [3.8, 4) is 28.6 Å². The maximum Gasteiger partial charge on any atom is 0.350 e. The summed E-state index contributed by atoms with van der Waals surface area (Å²) in [4.78, 5) is 29.8. The number of nitrogens with zero attached hydrogens (tertiary/aromatic N) is 5. The topological polar surface area (TPSA) is 117 Å². The first-order valence-corrected chi connectivity index (χ1v) is 10.9. The largest absolute Gasteiger partial charge is 0.497 e. The zero-order valence-corrected chi connectivity index (χ0v) is 19.1. The van der Waals surface area contributed by atoms with Gasteiger partial charge in [0, 0.05) is 18.3 Å². The number of benzene rings is 2. The maximum absolute atomic E-state index is 12.9. The van der Waals surface area contributed by atoms with Gasteiger partial charge in [-0.15, -0.1) is 5.10 Å². The third kappa shape index (κ3) is 4.54. The highest BCUT2D eigenvalue weighted by molar-refractivity contribution is 5.76. The van der Waals surface area contributed by atoms with Gasteiger partial charge in [-0.05, 0) is 36.8 Å². The Kier molecular flexibility index (Phi) is 5.84. The number of carbonyl (C=O) groups excluding carboxylic acids is 1. The second kappa shape index (κ2) is 9.26. The third-order valence-corrected chi connectivity index (χ3v) is 5.52. The lowest BCUT2D eigenvalue weighted by Gasteiger charge is -2.06. The van der Waals surface area contributed by atoms with E-state index in [1.54, 1.807) is 25.4 Å². The van der Waals surface area contributed by atoms with Gasteiger partial charge in [0.15, 0.2) is 5.65 Å². The van der Waals surface area contributed by atoms with Crippen molar-refractivity contribution in [2.24, 2.45) is 0 Å². The molecular formula is C25H22N6O4. The second-order valence-corrected chi connectivity index (χ2v) is 7.97. The van der Waals surface area contributed by atoms with Crippen LogP contribution in [0.1, 0.15) is 11.1 Å². The van der Waals surface area contributed by atoms with Crippen molar-refractivity contribution in [1.82, 2.24) is 29.6 Å². The van der Waals surface area contributed by atoms with Crippen LogP contribution in [0.25, 0.3) is 28.5 Å². The number of methoxy groups -OCH3 is 1. The van der Waals surface area contributed by atoms with Crippen LogP contribution in [-0.4, -0.2) is 37.3 Å². The molecule has 3 aromatic heterocycles. The van der Waals surface area contributed by atoms with Crippen LogP contribution in [0, 0.1) is 6.92 Å². The molecule has 2 aromatic carbocycles. The minimum Gasteiger partial charge on any atom is -0.497 e. The summed E-state index contributed by atoms with van der Waals surface area (Å²) in [7, 11) is 1.59. The first-order chi connectivity index (χ1) is 17.0. The standard InChI is InChI=1S/C25H22N6O4/c1-16-5-9-18(10-6-16)22-27-24(35-29-22)20-4-3-13-30-23(20)28-31(25(30)33)15-21(32)26-14-17-7-11-19(34-2)12-8-17/h3-13H,14-15H2,1-2H3,(H,26,32). The van der Waals surface area contributed by atoms with Gasteiger partial charge in [-0.2, -0.15) is 4.98 Å². The summed E-state index contributed by atoms with van der Waals surface area (Å²) in [5, 5.41) is 11.2. The summed E-state index contributed by atoms with van der Waals surface area (Å²) in [6.45, 7) is 2.09. The lowest BCUT2D eigenvalue weighted by Crippen LogP contribution is -2.32. The molecule has 0 spiro atoms. The van der Waals surface area contributed by atoms with Crippen LogP contribution < -0.4 is 15.7 Å². The molecule has 0 unspecified atom stereocenters. The summed E-state index contributed by atoms with van der Waals surface area (Å²) in [5.74, 6) is 1.06. The number of aromatic nitrogens is 5. The number of carbonyl (C=O) groups is 1. The molecule has 0 aliphatic carbocycles. The van der Waals surface area contributed by atoms with Gasteiger partial charge in [-0.25, -0.2) is 13.9 Å². The molecule has 0 saturated heterocycles. The average molecular weight is 470 g/mol. The van der Waals surface area contributed by atoms with Gasteiger partial charge in [0.05, 0.1) is 12.7 Å². The zero-order chi connectivity index (χ0) is 24.4. The van der Waals surface area contributed by atoms with E-state index in [1.807, 2.05) is 55.5 Å². The Hall–Kier alpha value is -4.73. The van der Waals surface area contributed by atoms with E-state index >= 15 is 0 Å². The Morgan fingerprint density at radius 2 is 1.86 bits per heavy atom. The molecule has 0 fully saturated rings. The van der Waals surface area contributed by atoms with E-state index in [4.69, 9.17) is 9.26 Å². The van der Waals surface area contributed by atoms with Gasteiger partial charge >= 0.3 is 5.69 Å². The fourth-order valence-corrected chi connectivity index (χ4v) is 3.60. The van der Waals surface area contributed by atoms with Crippen LogP contribution in [0.4, 0.5) is 0 Å². The normalized spacial score (nSPS) is 11.0. The molecule has 0 aliphatic rings. The summed E-state index contributed by atoms with van der Waals surface area (Å²) >= 11 is 0. The smallest absolute Gasteiger partial charge is 0.350 e. The van der Waals surface area contributed by atoms with E-state index in [-0.39, 0.29) is 18.3 Å². The van der Waals surface area contributed by atoms with Crippen LogP contribution in [0.15, 0.2) is 76.2 Å². The highest BCUT2D eigenvalue weighted by atomic mass is 16.5. The minimum atomic E-state index is -0.445. The Bertz CT molecular complexity index is 1550. The summed E-state index contributed by atoms with van der Waals surface area (Å²) in [5.41, 5.74) is 3.21. The number of ether oxygens (including phenoxy) is 1. The Labute approximate surface area is 199 Å². The van der Waals surface area contributed by atoms with Crippen molar-refractivity contribution in [2.75, 3.05) is 7.11 Å². The molecular weight excluding hydrogens is 448 g/mol. The fourth-order valence-electron chi connectivity index (χ4n) is 3.60. The molecule has 0 saturated carbocycles. The number of nitrogens with one attached hydrogen (secondary N) is 1. The Balaban J connectivity index is 1.36. The summed E-state index contributed by atoms with van der Waals surface area (Å²) in [6, 6.07) is 18.5.